The van der Waals surface area contributed by atoms with Crippen LogP contribution in [0.25, 0.3) is 0 Å². The first-order chi connectivity index (χ1) is 10.5. The molecule has 2 aliphatic rings. The molecule has 0 bridgehead atoms. The van der Waals surface area contributed by atoms with E-state index in [-0.39, 0.29) is 17.4 Å². The van der Waals surface area contributed by atoms with E-state index in [4.69, 9.17) is 11.6 Å². The Labute approximate surface area is 132 Å². The molecule has 8 heteroatoms. The van der Waals surface area contributed by atoms with Crippen molar-refractivity contribution in [3.05, 3.63) is 40.7 Å². The molecule has 2 heterocycles. The van der Waals surface area contributed by atoms with E-state index in [0.29, 0.717) is 17.9 Å². The van der Waals surface area contributed by atoms with Crippen molar-refractivity contribution >= 4 is 21.4 Å². The second-order valence-electron chi connectivity index (χ2n) is 5.68. The highest BCUT2D eigenvalue weighted by atomic mass is 35.5. The summed E-state index contributed by atoms with van der Waals surface area (Å²) < 4.78 is 40.1. The van der Waals surface area contributed by atoms with Gasteiger partial charge in [0.1, 0.15) is 0 Å². The molecule has 2 aromatic rings. The number of aromatic nitrogens is 3. The Kier molecular flexibility index (Phi) is 3.06. The third kappa shape index (κ3) is 2.06. The minimum Gasteiger partial charge on any atom is -0.239 e. The molecule has 2 atom stereocenters. The third-order valence-corrected chi connectivity index (χ3v) is 6.50. The van der Waals surface area contributed by atoms with Gasteiger partial charge in [0.2, 0.25) is 9.84 Å². The first-order valence-corrected chi connectivity index (χ1v) is 8.99. The summed E-state index contributed by atoms with van der Waals surface area (Å²) >= 11 is 6.17. The lowest BCUT2D eigenvalue weighted by molar-refractivity contribution is 0.326. The van der Waals surface area contributed by atoms with Crippen LogP contribution in [0.5, 0.6) is 0 Å². The summed E-state index contributed by atoms with van der Waals surface area (Å²) in [6.07, 6.45) is 0.0817. The van der Waals surface area contributed by atoms with Gasteiger partial charge in [-0.3, -0.25) is 0 Å². The van der Waals surface area contributed by atoms with Gasteiger partial charge in [0.05, 0.1) is 11.3 Å². The number of sulfone groups is 1. The summed E-state index contributed by atoms with van der Waals surface area (Å²) in [5, 5.41) is 3.93. The van der Waals surface area contributed by atoms with Crippen LogP contribution >= 0.6 is 11.6 Å². The molecule has 116 valence electrons. The van der Waals surface area contributed by atoms with Crippen LogP contribution in [-0.2, 0) is 9.84 Å². The molecule has 1 aliphatic heterocycles. The summed E-state index contributed by atoms with van der Waals surface area (Å²) in [5.74, 6) is 0.0733. The number of hydrogen-bond donors (Lipinski definition) is 0. The molecule has 0 N–H and O–H groups in total. The number of alkyl halides is 1. The number of rotatable bonds is 3. The lowest BCUT2D eigenvalue weighted by Gasteiger charge is -2.13. The fourth-order valence-corrected chi connectivity index (χ4v) is 4.55. The summed E-state index contributed by atoms with van der Waals surface area (Å²) in [6, 6.07) is 6.70. The number of halogens is 2. The van der Waals surface area contributed by atoms with Gasteiger partial charge in [-0.05, 0) is 24.5 Å². The fourth-order valence-electron chi connectivity index (χ4n) is 2.81. The van der Waals surface area contributed by atoms with Crippen molar-refractivity contribution in [2.45, 2.75) is 41.9 Å². The van der Waals surface area contributed by atoms with Gasteiger partial charge in [-0.25, -0.2) is 17.5 Å². The quantitative estimate of drug-likeness (QED) is 0.861. The molecular weight excluding hydrogens is 329 g/mol. The first kappa shape index (κ1) is 14.1. The van der Waals surface area contributed by atoms with Crippen LogP contribution in [0.4, 0.5) is 4.39 Å². The molecule has 0 radical (unpaired) electrons. The Morgan fingerprint density at radius 1 is 1.27 bits per heavy atom. The third-order valence-electron chi connectivity index (χ3n) is 4.13. The van der Waals surface area contributed by atoms with E-state index in [1.54, 1.807) is 18.2 Å². The summed E-state index contributed by atoms with van der Waals surface area (Å²) in [4.78, 5) is 3.96. The van der Waals surface area contributed by atoms with Crippen LogP contribution in [0.3, 0.4) is 0 Å². The first-order valence-electron chi connectivity index (χ1n) is 7.07. The highest BCUT2D eigenvalue weighted by Crippen LogP contribution is 2.42. The van der Waals surface area contributed by atoms with Crippen molar-refractivity contribution in [2.75, 3.05) is 0 Å². The van der Waals surface area contributed by atoms with Crippen LogP contribution in [-0.4, -0.2) is 28.4 Å². The Morgan fingerprint density at radius 2 is 2.00 bits per heavy atom. The van der Waals surface area contributed by atoms with Crippen molar-refractivity contribution in [2.24, 2.45) is 0 Å². The Balaban J connectivity index is 1.80. The molecule has 22 heavy (non-hydrogen) atoms. The average Bonchev–Trinajstić information content (AvgIpc) is 3.17. The summed E-state index contributed by atoms with van der Waals surface area (Å²) in [6.45, 7) is 0. The van der Waals surface area contributed by atoms with Crippen molar-refractivity contribution in [1.29, 1.82) is 0 Å². The molecule has 1 saturated carbocycles. The van der Waals surface area contributed by atoms with Crippen LogP contribution in [0, 0.1) is 0 Å². The number of benzene rings is 1. The Hall–Kier alpha value is -1.47. The maximum atomic E-state index is 14.2. The Morgan fingerprint density at radius 3 is 2.68 bits per heavy atom. The van der Waals surface area contributed by atoms with Gasteiger partial charge in [0.25, 0.3) is 5.16 Å². The second-order valence-corrected chi connectivity index (χ2v) is 8.21. The van der Waals surface area contributed by atoms with Gasteiger partial charge < -0.3 is 0 Å². The molecule has 4 rings (SSSR count). The molecule has 0 amide bonds. The fraction of sp³-hybridized carbons (Fsp3) is 0.429. The standard InChI is InChI=1S/C14H13ClFN3O2S/c15-10-4-2-1-3-9(10)12-7-11(16)13-17-14(18-19(12)13)22(20,21)8-5-6-8/h1-4,8,11-12H,5-7H2/t11-,12-/m0/s1. The number of fused-ring (bicyclic) bond motifs is 1. The highest BCUT2D eigenvalue weighted by molar-refractivity contribution is 7.92. The minimum atomic E-state index is -3.53. The predicted octanol–water partition coefficient (Wildman–Crippen LogP) is 2.87. The van der Waals surface area contributed by atoms with Crippen molar-refractivity contribution in [3.8, 4) is 0 Å². The average molecular weight is 342 g/mol. The summed E-state index contributed by atoms with van der Waals surface area (Å²) in [5.41, 5.74) is 0.728. The van der Waals surface area contributed by atoms with Gasteiger partial charge in [0.15, 0.2) is 12.0 Å². The van der Waals surface area contributed by atoms with E-state index in [0.717, 1.165) is 5.56 Å². The lowest BCUT2D eigenvalue weighted by atomic mass is 10.0. The van der Waals surface area contributed by atoms with Gasteiger partial charge in [-0.15, -0.1) is 5.10 Å². The smallest absolute Gasteiger partial charge is 0.239 e. The zero-order valence-electron chi connectivity index (χ0n) is 11.5. The van der Waals surface area contributed by atoms with E-state index < -0.39 is 27.3 Å². The molecule has 1 fully saturated rings. The van der Waals surface area contributed by atoms with Gasteiger partial charge >= 0.3 is 0 Å². The van der Waals surface area contributed by atoms with Crippen molar-refractivity contribution in [1.82, 2.24) is 14.8 Å². The second kappa shape index (κ2) is 4.76. The van der Waals surface area contributed by atoms with E-state index in [1.165, 1.54) is 4.68 Å². The number of nitrogens with zero attached hydrogens (tertiary/aromatic N) is 3. The number of hydrogen-bond acceptors (Lipinski definition) is 4. The van der Waals surface area contributed by atoms with E-state index in [9.17, 15) is 12.8 Å². The monoisotopic (exact) mass is 341 g/mol. The van der Waals surface area contributed by atoms with Gasteiger partial charge in [-0.2, -0.15) is 4.98 Å². The molecule has 0 unspecified atom stereocenters. The zero-order chi connectivity index (χ0) is 15.5. The van der Waals surface area contributed by atoms with Crippen LogP contribution < -0.4 is 0 Å². The Bertz CT molecular complexity index is 848. The molecule has 1 aromatic carbocycles. The minimum absolute atomic E-state index is 0.0733. The van der Waals surface area contributed by atoms with Crippen molar-refractivity contribution in [3.63, 3.8) is 0 Å². The maximum absolute atomic E-state index is 14.2. The molecule has 0 saturated heterocycles. The highest BCUT2D eigenvalue weighted by Gasteiger charge is 2.43. The molecule has 5 nitrogen and oxygen atoms in total. The molecular formula is C14H13ClFN3O2S. The van der Waals surface area contributed by atoms with E-state index in [2.05, 4.69) is 10.1 Å². The normalized spacial score (nSPS) is 24.5. The van der Waals surface area contributed by atoms with E-state index in [1.807, 2.05) is 6.07 Å². The van der Waals surface area contributed by atoms with Crippen LogP contribution in [0.2, 0.25) is 5.02 Å². The SMILES string of the molecule is O=S(=O)(c1nc2n(n1)[C@H](c1ccccc1Cl)C[C@@H]2F)C1CC1. The van der Waals surface area contributed by atoms with Crippen molar-refractivity contribution < 1.29 is 12.8 Å². The van der Waals surface area contributed by atoms with Gasteiger partial charge in [-0.1, -0.05) is 29.8 Å². The van der Waals surface area contributed by atoms with E-state index >= 15 is 0 Å². The van der Waals surface area contributed by atoms with Crippen LogP contribution in [0.15, 0.2) is 29.4 Å². The molecule has 1 aromatic heterocycles. The lowest BCUT2D eigenvalue weighted by Crippen LogP contribution is -2.12. The largest absolute Gasteiger partial charge is 0.267 e. The predicted molar refractivity (Wildman–Crippen MR) is 78.3 cm³/mol. The summed E-state index contributed by atoms with van der Waals surface area (Å²) in [7, 11) is -3.53. The van der Waals surface area contributed by atoms with Gasteiger partial charge in [0, 0.05) is 11.4 Å². The molecule has 0 spiro atoms. The zero-order valence-corrected chi connectivity index (χ0v) is 13.1. The van der Waals surface area contributed by atoms with Crippen LogP contribution in [0.1, 0.15) is 42.9 Å². The topological polar surface area (TPSA) is 64.8 Å². The molecule has 1 aliphatic carbocycles. The maximum Gasteiger partial charge on any atom is 0.267 e.